The fourth-order valence-electron chi connectivity index (χ4n) is 5.91. The lowest BCUT2D eigenvalue weighted by Gasteiger charge is -2.34. The summed E-state index contributed by atoms with van der Waals surface area (Å²) in [5.74, 6) is 0.544. The Morgan fingerprint density at radius 3 is 2.44 bits per heavy atom. The lowest BCUT2D eigenvalue weighted by molar-refractivity contribution is -0.113. The number of nitrogens with one attached hydrogen (secondary N) is 1. The van der Waals surface area contributed by atoms with Crippen LogP contribution in [0.3, 0.4) is 0 Å². The minimum Gasteiger partial charge on any atom is -0.277 e. The molecule has 1 saturated heterocycles. The number of thioether (sulfide) groups is 1. The second kappa shape index (κ2) is 8.59. The molecule has 1 aliphatic heterocycles. The van der Waals surface area contributed by atoms with Gasteiger partial charge in [0.25, 0.3) is 5.91 Å². The summed E-state index contributed by atoms with van der Waals surface area (Å²) in [7, 11) is 0. The van der Waals surface area contributed by atoms with Crippen LogP contribution < -0.4 is 4.90 Å². The number of hydrogen-bond donors (Lipinski definition) is 1. The average molecular weight is 496 g/mol. The van der Waals surface area contributed by atoms with Gasteiger partial charge in [-0.2, -0.15) is 10.2 Å². The summed E-state index contributed by atoms with van der Waals surface area (Å²) in [4.78, 5) is 15.9. The number of hydrogen-bond acceptors (Lipinski definition) is 5. The van der Waals surface area contributed by atoms with Crippen LogP contribution in [0.2, 0.25) is 0 Å². The Morgan fingerprint density at radius 2 is 1.78 bits per heavy atom. The lowest BCUT2D eigenvalue weighted by Crippen LogP contribution is -2.32. The smallest absolute Gasteiger partial charge is 0.271 e. The van der Waals surface area contributed by atoms with Crippen LogP contribution in [0.4, 0.5) is 5.69 Å². The summed E-state index contributed by atoms with van der Waals surface area (Å²) in [5, 5.41) is 17.4. The second-order valence-electron chi connectivity index (χ2n) is 10.6. The molecule has 2 atom stereocenters. The Morgan fingerprint density at radius 1 is 1.06 bits per heavy atom. The van der Waals surface area contributed by atoms with Gasteiger partial charge < -0.3 is 0 Å². The number of amidine groups is 1. The molecule has 6 nitrogen and oxygen atoms in total. The summed E-state index contributed by atoms with van der Waals surface area (Å²) >= 11 is 1.36. The van der Waals surface area contributed by atoms with Crippen molar-refractivity contribution >= 4 is 40.3 Å². The van der Waals surface area contributed by atoms with E-state index in [1.165, 1.54) is 18.2 Å². The van der Waals surface area contributed by atoms with E-state index in [4.69, 9.17) is 10.2 Å². The van der Waals surface area contributed by atoms with Gasteiger partial charge in [0.15, 0.2) is 0 Å². The van der Waals surface area contributed by atoms with E-state index < -0.39 is 0 Å². The molecule has 2 unspecified atom stereocenters. The molecule has 2 aliphatic carbocycles. The summed E-state index contributed by atoms with van der Waals surface area (Å²) in [5.41, 5.74) is 5.00. The van der Waals surface area contributed by atoms with E-state index in [1.54, 1.807) is 11.1 Å². The van der Waals surface area contributed by atoms with E-state index in [1.807, 2.05) is 66.7 Å². The maximum absolute atomic E-state index is 13.7. The van der Waals surface area contributed by atoms with Crippen LogP contribution in [0.15, 0.2) is 82.0 Å². The van der Waals surface area contributed by atoms with Crippen molar-refractivity contribution in [2.24, 2.45) is 27.0 Å². The van der Waals surface area contributed by atoms with Crippen LogP contribution in [0, 0.1) is 16.7 Å². The molecule has 0 radical (unpaired) electrons. The highest BCUT2D eigenvalue weighted by molar-refractivity contribution is 8.19. The fourth-order valence-corrected chi connectivity index (χ4v) is 6.83. The molecule has 1 aromatic heterocycles. The molecule has 7 heteroatoms. The number of aromatic nitrogens is 2. The largest absolute Gasteiger partial charge is 0.277 e. The zero-order valence-electron chi connectivity index (χ0n) is 20.7. The quantitative estimate of drug-likeness (QED) is 0.321. The van der Waals surface area contributed by atoms with Crippen LogP contribution in [-0.4, -0.2) is 27.0 Å². The molecule has 2 heterocycles. The molecule has 3 aliphatic rings. The molecule has 0 spiro atoms. The van der Waals surface area contributed by atoms with Gasteiger partial charge in [-0.25, -0.2) is 0 Å². The number of fused-ring (bicyclic) bond motifs is 2. The molecule has 182 valence electrons. The number of para-hydroxylation sites is 1. The van der Waals surface area contributed by atoms with Crippen molar-refractivity contribution in [3.63, 3.8) is 0 Å². The Balaban J connectivity index is 1.38. The first kappa shape index (κ1) is 23.0. The van der Waals surface area contributed by atoms with Gasteiger partial charge in [-0.1, -0.05) is 69.3 Å². The molecule has 1 N–H and O–H groups in total. The Labute approximate surface area is 215 Å². The maximum atomic E-state index is 13.7. The Kier molecular flexibility index (Phi) is 5.48. The van der Waals surface area contributed by atoms with E-state index in [9.17, 15) is 4.79 Å². The first-order valence-electron chi connectivity index (χ1n) is 12.4. The highest BCUT2D eigenvalue weighted by atomic mass is 32.2. The predicted molar refractivity (Wildman–Crippen MR) is 148 cm³/mol. The summed E-state index contributed by atoms with van der Waals surface area (Å²) in [6.45, 7) is 7.05. The van der Waals surface area contributed by atoms with E-state index in [-0.39, 0.29) is 16.7 Å². The van der Waals surface area contributed by atoms with E-state index in [0.717, 1.165) is 41.1 Å². The van der Waals surface area contributed by atoms with Crippen molar-refractivity contribution in [2.45, 2.75) is 40.0 Å². The molecule has 3 aromatic rings. The van der Waals surface area contributed by atoms with Crippen LogP contribution in [0.5, 0.6) is 0 Å². The van der Waals surface area contributed by atoms with Crippen molar-refractivity contribution < 1.29 is 4.79 Å². The van der Waals surface area contributed by atoms with Crippen LogP contribution in [-0.2, 0) is 4.79 Å². The van der Waals surface area contributed by atoms with E-state index >= 15 is 0 Å². The average Bonchev–Trinajstić information content (AvgIpc) is 3.58. The van der Waals surface area contributed by atoms with Gasteiger partial charge in [0.2, 0.25) is 5.17 Å². The van der Waals surface area contributed by atoms with Gasteiger partial charge in [0.1, 0.15) is 0 Å². The van der Waals surface area contributed by atoms with Crippen molar-refractivity contribution in [3.05, 3.63) is 77.3 Å². The third-order valence-electron chi connectivity index (χ3n) is 8.61. The molecule has 36 heavy (non-hydrogen) atoms. The molecular formula is C29H29N5OS. The monoisotopic (exact) mass is 495 g/mol. The van der Waals surface area contributed by atoms with Gasteiger partial charge >= 0.3 is 0 Å². The first-order valence-corrected chi connectivity index (χ1v) is 13.2. The minimum atomic E-state index is -0.107. The topological polar surface area (TPSA) is 73.7 Å². The molecule has 2 bridgehead atoms. The highest BCUT2D eigenvalue weighted by Crippen LogP contribution is 2.64. The zero-order chi connectivity index (χ0) is 24.9. The highest BCUT2D eigenvalue weighted by Gasteiger charge is 2.60. The van der Waals surface area contributed by atoms with Gasteiger partial charge in [-0.05, 0) is 60.6 Å². The van der Waals surface area contributed by atoms with Gasteiger partial charge in [-0.15, -0.1) is 5.10 Å². The maximum Gasteiger partial charge on any atom is 0.271 e. The predicted octanol–water partition coefficient (Wildman–Crippen LogP) is 6.76. The van der Waals surface area contributed by atoms with Gasteiger partial charge in [0, 0.05) is 22.3 Å². The normalized spacial score (nSPS) is 28.2. The molecule has 2 saturated carbocycles. The number of carbonyl (C=O) groups excluding carboxylic acids is 1. The van der Waals surface area contributed by atoms with Crippen molar-refractivity contribution in [3.8, 4) is 11.3 Å². The number of benzene rings is 2. The Bertz CT molecular complexity index is 1410. The van der Waals surface area contributed by atoms with E-state index in [2.05, 4.69) is 31.0 Å². The molecular weight excluding hydrogens is 466 g/mol. The van der Waals surface area contributed by atoms with Crippen molar-refractivity contribution in [1.82, 2.24) is 10.2 Å². The van der Waals surface area contributed by atoms with Crippen LogP contribution in [0.25, 0.3) is 17.3 Å². The van der Waals surface area contributed by atoms with Gasteiger partial charge in [0.05, 0.1) is 22.5 Å². The molecule has 6 rings (SSSR count). The lowest BCUT2D eigenvalue weighted by atomic mass is 9.70. The number of rotatable bonds is 4. The minimum absolute atomic E-state index is 0.0621. The van der Waals surface area contributed by atoms with Crippen LogP contribution in [0.1, 0.15) is 45.6 Å². The second-order valence-corrected chi connectivity index (χ2v) is 11.6. The van der Waals surface area contributed by atoms with Crippen LogP contribution >= 0.6 is 11.8 Å². The van der Waals surface area contributed by atoms with Crippen molar-refractivity contribution in [1.29, 1.82) is 0 Å². The van der Waals surface area contributed by atoms with E-state index in [0.29, 0.717) is 16.0 Å². The number of anilines is 1. The number of aromatic amines is 1. The summed E-state index contributed by atoms with van der Waals surface area (Å²) in [6.07, 6.45) is 7.04. The third kappa shape index (κ3) is 3.56. The number of carbonyl (C=O) groups is 1. The fraction of sp³-hybridized carbons (Fsp3) is 0.310. The van der Waals surface area contributed by atoms with Gasteiger partial charge in [-0.3, -0.25) is 14.8 Å². The van der Waals surface area contributed by atoms with Crippen molar-refractivity contribution in [2.75, 3.05) is 4.90 Å². The molecule has 2 aromatic carbocycles. The Hall–Kier alpha value is -3.45. The summed E-state index contributed by atoms with van der Waals surface area (Å²) in [6, 6.07) is 19.7. The third-order valence-corrected chi connectivity index (χ3v) is 9.57. The zero-order valence-corrected chi connectivity index (χ0v) is 21.5. The SMILES string of the molecule is CC12CCC(C/C1=N\N=C1\S/C(=C\c3cn[nH]c3-c3ccccc3)C(=O)N1c1ccccc1)C2(C)C. The first-order chi connectivity index (χ1) is 17.4. The standard InChI is InChI=1S/C29H29N5OS/c1-28(2)21-14-15-29(28,3)24(17-21)31-33-27-34(22-12-8-5-9-13-22)26(35)23(36-27)16-20-18-30-32-25(20)19-10-6-4-7-11-19/h4-13,16,18,21H,14-15,17H2,1-3H3,(H,30,32)/b23-16-,31-24+,33-27+. The number of H-pyrrole nitrogens is 1. The number of amides is 1. The number of nitrogens with zero attached hydrogens (tertiary/aromatic N) is 4. The molecule has 3 fully saturated rings. The summed E-state index contributed by atoms with van der Waals surface area (Å²) < 4.78 is 0. The molecule has 1 amide bonds.